The third kappa shape index (κ3) is 4.59. The number of carbonyl (C=O) groups excluding carboxylic acids is 2. The van der Waals surface area contributed by atoms with Gasteiger partial charge < -0.3 is 14.2 Å². The van der Waals surface area contributed by atoms with E-state index in [-0.39, 0.29) is 18.4 Å². The van der Waals surface area contributed by atoms with E-state index < -0.39 is 5.92 Å². The van der Waals surface area contributed by atoms with E-state index in [1.807, 2.05) is 66.9 Å². The molecule has 2 heterocycles. The van der Waals surface area contributed by atoms with Gasteiger partial charge in [0.05, 0.1) is 30.5 Å². The molecular formula is C24H27N3O3. The summed E-state index contributed by atoms with van der Waals surface area (Å²) in [5.41, 5.74) is 4.32. The first-order valence-corrected chi connectivity index (χ1v) is 9.92. The highest BCUT2D eigenvalue weighted by atomic mass is 16.5. The van der Waals surface area contributed by atoms with Crippen molar-refractivity contribution >= 4 is 11.9 Å². The van der Waals surface area contributed by atoms with Crippen molar-refractivity contribution in [3.8, 4) is 5.69 Å². The van der Waals surface area contributed by atoms with Gasteiger partial charge in [-0.1, -0.05) is 37.3 Å². The van der Waals surface area contributed by atoms with Crippen LogP contribution in [0.15, 0.2) is 60.9 Å². The molecule has 3 aromatic rings. The number of aromatic nitrogens is 2. The summed E-state index contributed by atoms with van der Waals surface area (Å²) in [4.78, 5) is 31.5. The molecule has 0 aliphatic rings. The standard InChI is InChI=1S/C24H27N3O3/c1-17(24(29)30-4)15-26(16-20-9-6-5-7-10-20)23(28)22-13-18(2)27(19(22)3)21-11-8-12-25-14-21/h5-14,17H,15-16H2,1-4H3. The van der Waals surface area contributed by atoms with E-state index in [4.69, 9.17) is 4.74 Å². The van der Waals surface area contributed by atoms with Crippen LogP contribution in [0.4, 0.5) is 0 Å². The van der Waals surface area contributed by atoms with E-state index in [0.29, 0.717) is 12.1 Å². The number of hydrogen-bond acceptors (Lipinski definition) is 4. The fourth-order valence-corrected chi connectivity index (χ4v) is 3.66. The molecule has 0 fully saturated rings. The van der Waals surface area contributed by atoms with Crippen LogP contribution in [0.3, 0.4) is 0 Å². The maximum Gasteiger partial charge on any atom is 0.310 e. The van der Waals surface area contributed by atoms with Crippen molar-refractivity contribution in [1.29, 1.82) is 0 Å². The van der Waals surface area contributed by atoms with Crippen molar-refractivity contribution < 1.29 is 14.3 Å². The minimum atomic E-state index is -0.426. The minimum absolute atomic E-state index is 0.113. The summed E-state index contributed by atoms with van der Waals surface area (Å²) in [5.74, 6) is -0.871. The van der Waals surface area contributed by atoms with Crippen LogP contribution in [0.25, 0.3) is 5.69 Å². The molecule has 1 aromatic carbocycles. The van der Waals surface area contributed by atoms with Crippen LogP contribution >= 0.6 is 0 Å². The molecule has 0 radical (unpaired) electrons. The number of nitrogens with zero attached hydrogens (tertiary/aromatic N) is 3. The van der Waals surface area contributed by atoms with Gasteiger partial charge in [0.2, 0.25) is 0 Å². The molecule has 0 saturated heterocycles. The van der Waals surface area contributed by atoms with Crippen molar-refractivity contribution in [2.75, 3.05) is 13.7 Å². The zero-order valence-corrected chi connectivity index (χ0v) is 17.8. The van der Waals surface area contributed by atoms with E-state index in [0.717, 1.165) is 22.6 Å². The molecule has 6 heteroatoms. The van der Waals surface area contributed by atoms with E-state index in [1.165, 1.54) is 7.11 Å². The molecule has 1 amide bonds. The highest BCUT2D eigenvalue weighted by molar-refractivity contribution is 5.96. The lowest BCUT2D eigenvalue weighted by molar-refractivity contribution is -0.145. The molecule has 0 N–H and O–H groups in total. The summed E-state index contributed by atoms with van der Waals surface area (Å²) in [6.45, 7) is 6.36. The normalized spacial score (nSPS) is 11.7. The minimum Gasteiger partial charge on any atom is -0.469 e. The fourth-order valence-electron chi connectivity index (χ4n) is 3.66. The van der Waals surface area contributed by atoms with Crippen LogP contribution in [-0.4, -0.2) is 40.0 Å². The van der Waals surface area contributed by atoms with Gasteiger partial charge in [-0.25, -0.2) is 0 Å². The molecule has 0 saturated carbocycles. The molecule has 2 aromatic heterocycles. The zero-order valence-electron chi connectivity index (χ0n) is 17.8. The zero-order chi connectivity index (χ0) is 21.7. The molecule has 156 valence electrons. The van der Waals surface area contributed by atoms with Gasteiger partial charge >= 0.3 is 5.97 Å². The molecule has 6 nitrogen and oxygen atoms in total. The van der Waals surface area contributed by atoms with Crippen molar-refractivity contribution in [2.24, 2.45) is 5.92 Å². The average molecular weight is 405 g/mol. The number of benzene rings is 1. The number of ether oxygens (including phenoxy) is 1. The SMILES string of the molecule is COC(=O)C(C)CN(Cc1ccccc1)C(=O)c1cc(C)n(-c2cccnc2)c1C. The summed E-state index contributed by atoms with van der Waals surface area (Å²) in [6.07, 6.45) is 3.49. The maximum absolute atomic E-state index is 13.6. The predicted molar refractivity (Wildman–Crippen MR) is 115 cm³/mol. The van der Waals surface area contributed by atoms with Crippen molar-refractivity contribution in [2.45, 2.75) is 27.3 Å². The average Bonchev–Trinajstić information content (AvgIpc) is 3.07. The fraction of sp³-hybridized carbons (Fsp3) is 0.292. The number of hydrogen-bond donors (Lipinski definition) is 0. The molecule has 1 unspecified atom stereocenters. The predicted octanol–water partition coefficient (Wildman–Crippen LogP) is 3.94. The highest BCUT2D eigenvalue weighted by Crippen LogP contribution is 2.23. The molecule has 1 atom stereocenters. The number of carbonyl (C=O) groups is 2. The Morgan fingerprint density at radius 3 is 2.50 bits per heavy atom. The third-order valence-corrected chi connectivity index (χ3v) is 5.17. The lowest BCUT2D eigenvalue weighted by Gasteiger charge is -2.25. The highest BCUT2D eigenvalue weighted by Gasteiger charge is 2.26. The Morgan fingerprint density at radius 1 is 1.13 bits per heavy atom. The van der Waals surface area contributed by atoms with Gasteiger partial charge in [-0.3, -0.25) is 14.6 Å². The molecular weight excluding hydrogens is 378 g/mol. The van der Waals surface area contributed by atoms with Crippen LogP contribution in [0.5, 0.6) is 0 Å². The summed E-state index contributed by atoms with van der Waals surface area (Å²) in [5, 5.41) is 0. The number of aryl methyl sites for hydroxylation is 1. The van der Waals surface area contributed by atoms with Crippen molar-refractivity contribution in [3.63, 3.8) is 0 Å². The molecule has 0 spiro atoms. The van der Waals surface area contributed by atoms with Crippen molar-refractivity contribution in [3.05, 3.63) is 83.4 Å². The molecule has 0 bridgehead atoms. The second-order valence-corrected chi connectivity index (χ2v) is 7.43. The lowest BCUT2D eigenvalue weighted by Crippen LogP contribution is -2.37. The third-order valence-electron chi connectivity index (χ3n) is 5.17. The Kier molecular flexibility index (Phi) is 6.67. The number of amides is 1. The van der Waals surface area contributed by atoms with E-state index in [9.17, 15) is 9.59 Å². The smallest absolute Gasteiger partial charge is 0.310 e. The molecule has 0 aliphatic carbocycles. The van der Waals surface area contributed by atoms with Gasteiger partial charge in [0.1, 0.15) is 0 Å². The van der Waals surface area contributed by atoms with Gasteiger partial charge in [0.15, 0.2) is 0 Å². The lowest BCUT2D eigenvalue weighted by atomic mass is 10.1. The molecule has 0 aliphatic heterocycles. The number of esters is 1. The van der Waals surface area contributed by atoms with E-state index >= 15 is 0 Å². The summed E-state index contributed by atoms with van der Waals surface area (Å²) >= 11 is 0. The van der Waals surface area contributed by atoms with E-state index in [1.54, 1.807) is 24.2 Å². The Hall–Kier alpha value is -3.41. The van der Waals surface area contributed by atoms with Gasteiger partial charge in [0, 0.05) is 30.7 Å². The van der Waals surface area contributed by atoms with Crippen LogP contribution in [0.2, 0.25) is 0 Å². The Bertz CT molecular complexity index is 1010. The van der Waals surface area contributed by atoms with Gasteiger partial charge in [-0.05, 0) is 37.6 Å². The first-order chi connectivity index (χ1) is 14.4. The van der Waals surface area contributed by atoms with Crippen LogP contribution in [0.1, 0.15) is 34.2 Å². The Morgan fingerprint density at radius 2 is 1.87 bits per heavy atom. The largest absolute Gasteiger partial charge is 0.469 e. The number of pyridine rings is 1. The van der Waals surface area contributed by atoms with Crippen LogP contribution < -0.4 is 0 Å². The second-order valence-electron chi connectivity index (χ2n) is 7.43. The van der Waals surface area contributed by atoms with Gasteiger partial charge in [-0.2, -0.15) is 0 Å². The van der Waals surface area contributed by atoms with Crippen molar-refractivity contribution in [1.82, 2.24) is 14.5 Å². The van der Waals surface area contributed by atoms with Gasteiger partial charge in [0.25, 0.3) is 5.91 Å². The monoisotopic (exact) mass is 405 g/mol. The van der Waals surface area contributed by atoms with Crippen LogP contribution in [-0.2, 0) is 16.1 Å². The van der Waals surface area contributed by atoms with Gasteiger partial charge in [-0.15, -0.1) is 0 Å². The van der Waals surface area contributed by atoms with E-state index in [2.05, 4.69) is 4.98 Å². The first-order valence-electron chi connectivity index (χ1n) is 9.92. The number of rotatable bonds is 7. The maximum atomic E-state index is 13.6. The summed E-state index contributed by atoms with van der Waals surface area (Å²) in [6, 6.07) is 15.5. The first kappa shape index (κ1) is 21.3. The molecule has 30 heavy (non-hydrogen) atoms. The second kappa shape index (κ2) is 9.39. The summed E-state index contributed by atoms with van der Waals surface area (Å²) < 4.78 is 6.88. The Labute approximate surface area is 177 Å². The summed E-state index contributed by atoms with van der Waals surface area (Å²) in [7, 11) is 1.36. The Balaban J connectivity index is 1.95. The topological polar surface area (TPSA) is 64.4 Å². The molecule has 3 rings (SSSR count). The van der Waals surface area contributed by atoms with Crippen LogP contribution in [0, 0.1) is 19.8 Å². The quantitative estimate of drug-likeness (QED) is 0.559. The number of methoxy groups -OCH3 is 1.